The molecule has 0 N–H and O–H groups in total. The third-order valence-corrected chi connectivity index (χ3v) is 7.07. The van der Waals surface area contributed by atoms with Gasteiger partial charge in [-0.25, -0.2) is 9.59 Å². The highest BCUT2D eigenvalue weighted by Crippen LogP contribution is 2.46. The fraction of sp³-hybridized carbons (Fsp3) is 0.529. The lowest BCUT2D eigenvalue weighted by Crippen LogP contribution is -2.16. The van der Waals surface area contributed by atoms with Crippen molar-refractivity contribution >= 4 is 33.9 Å². The molecule has 0 heterocycles. The van der Waals surface area contributed by atoms with Crippen LogP contribution in [-0.4, -0.2) is 25.5 Å². The Hall–Kier alpha value is -3.28. The molecule has 0 aliphatic heterocycles. The number of fused-ring (bicyclic) bond motifs is 2. The first-order valence-corrected chi connectivity index (χ1v) is 14.9. The molecule has 6 nitrogen and oxygen atoms in total. The first-order chi connectivity index (χ1) is 19.3. The largest absolute Gasteiger partial charge is 0.513 e. The molecule has 6 heteroatoms. The van der Waals surface area contributed by atoms with Crippen molar-refractivity contribution in [1.29, 1.82) is 0 Å². The summed E-state index contributed by atoms with van der Waals surface area (Å²) in [5.41, 5.74) is 0.687. The second-order valence-corrected chi connectivity index (χ2v) is 11.4. The predicted molar refractivity (Wildman–Crippen MR) is 162 cm³/mol. The van der Waals surface area contributed by atoms with Crippen LogP contribution in [0.5, 0.6) is 11.5 Å². The lowest BCUT2D eigenvalue weighted by Gasteiger charge is -2.24. The maximum Gasteiger partial charge on any atom is 0.513 e. The lowest BCUT2D eigenvalue weighted by molar-refractivity contribution is 0.0965. The number of hydrogen-bond acceptors (Lipinski definition) is 6. The van der Waals surface area contributed by atoms with Gasteiger partial charge in [0.2, 0.25) is 0 Å². The monoisotopic (exact) mass is 550 g/mol. The van der Waals surface area contributed by atoms with E-state index in [9.17, 15) is 9.59 Å². The Morgan fingerprint density at radius 3 is 1.60 bits per heavy atom. The molecule has 0 spiro atoms. The number of rotatable bonds is 14. The second kappa shape index (κ2) is 15.5. The Morgan fingerprint density at radius 2 is 1.07 bits per heavy atom. The van der Waals surface area contributed by atoms with Gasteiger partial charge in [0.1, 0.15) is 5.75 Å². The second-order valence-electron chi connectivity index (χ2n) is 11.4. The highest BCUT2D eigenvalue weighted by molar-refractivity contribution is 6.13. The molecule has 0 aliphatic rings. The Balaban J connectivity index is 1.94. The topological polar surface area (TPSA) is 71.1 Å². The predicted octanol–water partition coefficient (Wildman–Crippen LogP) is 10.3. The SMILES string of the molecule is CCCCCCCOC(=O)Oc1c2ccccc2c(OC(=O)OCCCCCCC)c2c(C(C)(C)C)cccc12. The summed E-state index contributed by atoms with van der Waals surface area (Å²) < 4.78 is 22.7. The smallest absolute Gasteiger partial charge is 0.434 e. The van der Waals surface area contributed by atoms with Crippen molar-refractivity contribution in [1.82, 2.24) is 0 Å². The van der Waals surface area contributed by atoms with Crippen molar-refractivity contribution in [2.75, 3.05) is 13.2 Å². The van der Waals surface area contributed by atoms with Crippen LogP contribution in [0, 0.1) is 0 Å². The summed E-state index contributed by atoms with van der Waals surface area (Å²) >= 11 is 0. The third-order valence-electron chi connectivity index (χ3n) is 7.07. The molecule has 0 aromatic heterocycles. The molecule has 0 saturated carbocycles. The molecule has 3 aromatic rings. The van der Waals surface area contributed by atoms with Crippen LogP contribution in [0.4, 0.5) is 9.59 Å². The zero-order valence-electron chi connectivity index (χ0n) is 25.0. The fourth-order valence-corrected chi connectivity index (χ4v) is 4.93. The van der Waals surface area contributed by atoms with E-state index in [1.54, 1.807) is 0 Å². The first kappa shape index (κ1) is 31.3. The quantitative estimate of drug-likeness (QED) is 0.0860. The number of ether oxygens (including phenoxy) is 4. The van der Waals surface area contributed by atoms with E-state index in [0.29, 0.717) is 40.9 Å². The van der Waals surface area contributed by atoms with Gasteiger partial charge in [-0.3, -0.25) is 0 Å². The highest BCUT2D eigenvalue weighted by atomic mass is 16.7. The number of carbonyl (C=O) groups is 2. The van der Waals surface area contributed by atoms with Crippen molar-refractivity contribution < 1.29 is 28.5 Å². The van der Waals surface area contributed by atoms with Crippen molar-refractivity contribution in [2.45, 2.75) is 104 Å². The van der Waals surface area contributed by atoms with Crippen molar-refractivity contribution in [3.8, 4) is 11.5 Å². The van der Waals surface area contributed by atoms with Crippen LogP contribution in [0.25, 0.3) is 21.5 Å². The third kappa shape index (κ3) is 8.61. The van der Waals surface area contributed by atoms with E-state index in [1.165, 1.54) is 12.8 Å². The molecule has 0 amide bonds. The van der Waals surface area contributed by atoms with Crippen molar-refractivity contribution in [2.24, 2.45) is 0 Å². The van der Waals surface area contributed by atoms with Gasteiger partial charge in [0.15, 0.2) is 5.75 Å². The fourth-order valence-electron chi connectivity index (χ4n) is 4.93. The zero-order valence-corrected chi connectivity index (χ0v) is 25.0. The highest BCUT2D eigenvalue weighted by Gasteiger charge is 2.26. The molecule has 0 unspecified atom stereocenters. The van der Waals surface area contributed by atoms with E-state index < -0.39 is 12.3 Å². The lowest BCUT2D eigenvalue weighted by atomic mass is 9.82. The normalized spacial score (nSPS) is 11.5. The summed E-state index contributed by atoms with van der Waals surface area (Å²) in [7, 11) is 0. The van der Waals surface area contributed by atoms with Crippen LogP contribution in [-0.2, 0) is 14.9 Å². The number of benzene rings is 3. The van der Waals surface area contributed by atoms with Gasteiger partial charge in [0.25, 0.3) is 0 Å². The van der Waals surface area contributed by atoms with Gasteiger partial charge in [-0.2, -0.15) is 0 Å². The van der Waals surface area contributed by atoms with Gasteiger partial charge >= 0.3 is 12.3 Å². The average molecular weight is 551 g/mol. The maximum atomic E-state index is 12.9. The minimum Gasteiger partial charge on any atom is -0.434 e. The van der Waals surface area contributed by atoms with E-state index >= 15 is 0 Å². The summed E-state index contributed by atoms with van der Waals surface area (Å²) in [4.78, 5) is 25.7. The Kier molecular flexibility index (Phi) is 12.1. The Morgan fingerprint density at radius 1 is 0.600 bits per heavy atom. The van der Waals surface area contributed by atoms with Crippen LogP contribution in [0.2, 0.25) is 0 Å². The van der Waals surface area contributed by atoms with Gasteiger partial charge in [0.05, 0.1) is 13.2 Å². The standard InChI is InChI=1S/C34H46O6/c1-6-8-10-12-16-23-37-32(35)39-30-25-19-14-15-20-26(25)31(40-33(36)38-24-17-13-11-9-7-2)29-27(30)21-18-22-28(29)34(3,4)5/h14-15,18-22H,6-13,16-17,23-24H2,1-5H3. The first-order valence-electron chi connectivity index (χ1n) is 14.9. The van der Waals surface area contributed by atoms with Crippen LogP contribution in [0.3, 0.4) is 0 Å². The van der Waals surface area contributed by atoms with Crippen molar-refractivity contribution in [3.05, 3.63) is 48.0 Å². The van der Waals surface area contributed by atoms with E-state index in [0.717, 1.165) is 62.3 Å². The molecule has 3 aromatic carbocycles. The van der Waals surface area contributed by atoms with Crippen molar-refractivity contribution in [3.63, 3.8) is 0 Å². The summed E-state index contributed by atoms with van der Waals surface area (Å²) in [6.45, 7) is 11.3. The van der Waals surface area contributed by atoms with Crippen LogP contribution >= 0.6 is 0 Å². The number of unbranched alkanes of at least 4 members (excludes halogenated alkanes) is 8. The van der Waals surface area contributed by atoms with Crippen LogP contribution in [0.1, 0.15) is 104 Å². The minimum atomic E-state index is -0.737. The molecule has 0 aliphatic carbocycles. The molecular weight excluding hydrogens is 504 g/mol. The van der Waals surface area contributed by atoms with Gasteiger partial charge < -0.3 is 18.9 Å². The number of hydrogen-bond donors (Lipinski definition) is 0. The summed E-state index contributed by atoms with van der Waals surface area (Å²) in [6, 6.07) is 13.3. The van der Waals surface area contributed by atoms with Crippen LogP contribution in [0.15, 0.2) is 42.5 Å². The molecule has 0 atom stereocenters. The average Bonchev–Trinajstić information content (AvgIpc) is 2.93. The Labute approximate surface area is 239 Å². The van der Waals surface area contributed by atoms with E-state index in [-0.39, 0.29) is 5.41 Å². The van der Waals surface area contributed by atoms with Gasteiger partial charge in [0, 0.05) is 21.5 Å². The molecular formula is C34H46O6. The van der Waals surface area contributed by atoms with E-state index in [1.807, 2.05) is 42.5 Å². The minimum absolute atomic E-state index is 0.278. The van der Waals surface area contributed by atoms with Crippen LogP contribution < -0.4 is 9.47 Å². The molecule has 0 saturated heterocycles. The van der Waals surface area contributed by atoms with Gasteiger partial charge in [-0.05, 0) is 23.8 Å². The number of carbonyl (C=O) groups excluding carboxylic acids is 2. The molecule has 0 bridgehead atoms. The molecule has 40 heavy (non-hydrogen) atoms. The maximum absolute atomic E-state index is 12.9. The molecule has 0 fully saturated rings. The Bertz CT molecular complexity index is 1260. The molecule has 218 valence electrons. The van der Waals surface area contributed by atoms with E-state index in [4.69, 9.17) is 18.9 Å². The molecule has 0 radical (unpaired) electrons. The summed E-state index contributed by atoms with van der Waals surface area (Å²) in [6.07, 6.45) is 9.11. The van der Waals surface area contributed by atoms with Gasteiger partial charge in [-0.15, -0.1) is 0 Å². The van der Waals surface area contributed by atoms with Gasteiger partial charge in [-0.1, -0.05) is 128 Å². The molecule has 3 rings (SSSR count). The van der Waals surface area contributed by atoms with E-state index in [2.05, 4.69) is 34.6 Å². The summed E-state index contributed by atoms with van der Waals surface area (Å²) in [5, 5.41) is 2.71. The zero-order chi connectivity index (χ0) is 29.0. The summed E-state index contributed by atoms with van der Waals surface area (Å²) in [5.74, 6) is 0.799.